The number of rotatable bonds is 5. The third-order valence-electron chi connectivity index (χ3n) is 8.71. The first-order chi connectivity index (χ1) is 16.0. The minimum Gasteiger partial charge on any atom is -0.371 e. The van der Waals surface area contributed by atoms with Crippen molar-refractivity contribution in [2.24, 2.45) is 11.7 Å². The van der Waals surface area contributed by atoms with Crippen molar-refractivity contribution in [3.63, 3.8) is 0 Å². The normalized spacial score (nSPS) is 31.0. The molecule has 4 fully saturated rings. The van der Waals surface area contributed by atoms with Gasteiger partial charge in [-0.3, -0.25) is 9.29 Å². The third-order valence-corrected chi connectivity index (χ3v) is 8.71. The van der Waals surface area contributed by atoms with Crippen LogP contribution < -0.4 is 10.6 Å². The van der Waals surface area contributed by atoms with Crippen LogP contribution in [-0.4, -0.2) is 48.3 Å². The summed E-state index contributed by atoms with van der Waals surface area (Å²) >= 11 is 0. The Labute approximate surface area is 194 Å². The molecule has 0 aromatic heterocycles. The lowest BCUT2D eigenvalue weighted by atomic mass is 9.65. The summed E-state index contributed by atoms with van der Waals surface area (Å²) in [5.41, 5.74) is 10.7. The zero-order valence-corrected chi connectivity index (χ0v) is 18.8. The lowest BCUT2D eigenvalue weighted by molar-refractivity contribution is -0.165. The Balaban J connectivity index is 1.32. The summed E-state index contributed by atoms with van der Waals surface area (Å²) < 4.78 is 27.7. The SMILES string of the molecule is N#Cc1ccc(-c2cc(CC34C[C@@H]5C[C@H](N)[C@H](C3)N54)ccc2N2CCC(CF)CC2)cc1F. The lowest BCUT2D eigenvalue weighted by Crippen LogP contribution is -2.77. The predicted molar refractivity (Wildman–Crippen MR) is 125 cm³/mol. The molecule has 0 aliphatic carbocycles. The van der Waals surface area contributed by atoms with E-state index in [2.05, 4.69) is 28.0 Å². The van der Waals surface area contributed by atoms with Crippen molar-refractivity contribution >= 4 is 5.69 Å². The largest absolute Gasteiger partial charge is 0.371 e. The maximum Gasteiger partial charge on any atom is 0.141 e. The van der Waals surface area contributed by atoms with Crippen molar-refractivity contribution in [1.82, 2.24) is 4.90 Å². The second-order valence-corrected chi connectivity index (χ2v) is 10.6. The van der Waals surface area contributed by atoms with Gasteiger partial charge in [-0.1, -0.05) is 12.1 Å². The van der Waals surface area contributed by atoms with E-state index in [1.807, 2.05) is 12.1 Å². The van der Waals surface area contributed by atoms with Crippen molar-refractivity contribution < 1.29 is 8.78 Å². The molecule has 6 heteroatoms. The fourth-order valence-corrected chi connectivity index (χ4v) is 7.05. The van der Waals surface area contributed by atoms with E-state index in [0.29, 0.717) is 18.1 Å². The van der Waals surface area contributed by atoms with Crippen LogP contribution in [0.3, 0.4) is 0 Å². The van der Waals surface area contributed by atoms with Crippen molar-refractivity contribution in [2.45, 2.75) is 62.2 Å². The first-order valence-electron chi connectivity index (χ1n) is 12.2. The van der Waals surface area contributed by atoms with Gasteiger partial charge in [0.15, 0.2) is 0 Å². The lowest BCUT2D eigenvalue weighted by Gasteiger charge is -2.67. The molecule has 0 spiro atoms. The first-order valence-corrected chi connectivity index (χ1v) is 12.2. The van der Waals surface area contributed by atoms with E-state index in [1.54, 1.807) is 6.07 Å². The van der Waals surface area contributed by atoms with Gasteiger partial charge in [-0.25, -0.2) is 4.39 Å². The molecule has 33 heavy (non-hydrogen) atoms. The summed E-state index contributed by atoms with van der Waals surface area (Å²) in [6, 6.07) is 14.9. The van der Waals surface area contributed by atoms with Crippen LogP contribution in [0, 0.1) is 23.1 Å². The van der Waals surface area contributed by atoms with E-state index < -0.39 is 5.82 Å². The van der Waals surface area contributed by atoms with E-state index in [0.717, 1.165) is 55.6 Å². The Bertz CT molecular complexity index is 1120. The quantitative estimate of drug-likeness (QED) is 0.736. The zero-order valence-electron chi connectivity index (χ0n) is 18.8. The number of halogens is 2. The minimum absolute atomic E-state index is 0.0606. The Kier molecular flexibility index (Phi) is 4.97. The van der Waals surface area contributed by atoms with Crippen molar-refractivity contribution in [3.8, 4) is 17.2 Å². The van der Waals surface area contributed by atoms with Crippen LogP contribution in [0.4, 0.5) is 14.5 Å². The molecule has 172 valence electrons. The summed E-state index contributed by atoms with van der Waals surface area (Å²) in [6.07, 6.45) is 6.17. The maximum atomic E-state index is 14.5. The molecule has 0 bridgehead atoms. The van der Waals surface area contributed by atoms with Gasteiger partial charge in [-0.05, 0) is 79.8 Å². The topological polar surface area (TPSA) is 56.3 Å². The van der Waals surface area contributed by atoms with Gasteiger partial charge in [0.05, 0.1) is 12.2 Å². The molecule has 4 atom stereocenters. The number of nitriles is 1. The van der Waals surface area contributed by atoms with E-state index in [4.69, 9.17) is 11.0 Å². The molecule has 2 aromatic rings. The summed E-state index contributed by atoms with van der Waals surface area (Å²) in [5, 5.41) is 9.15. The van der Waals surface area contributed by atoms with Gasteiger partial charge in [0.1, 0.15) is 11.9 Å². The minimum atomic E-state index is -0.490. The molecule has 2 N–H and O–H groups in total. The zero-order chi connectivity index (χ0) is 22.7. The van der Waals surface area contributed by atoms with Crippen LogP contribution in [0.25, 0.3) is 11.1 Å². The molecule has 4 aliphatic rings. The van der Waals surface area contributed by atoms with Crippen LogP contribution in [0.15, 0.2) is 36.4 Å². The smallest absolute Gasteiger partial charge is 0.141 e. The highest BCUT2D eigenvalue weighted by molar-refractivity contribution is 5.80. The second kappa shape index (κ2) is 7.78. The number of hydrogen-bond acceptors (Lipinski definition) is 4. The van der Waals surface area contributed by atoms with Gasteiger partial charge in [0.2, 0.25) is 0 Å². The number of benzene rings is 2. The van der Waals surface area contributed by atoms with E-state index >= 15 is 0 Å². The summed E-state index contributed by atoms with van der Waals surface area (Å²) in [5.74, 6) is -0.351. The van der Waals surface area contributed by atoms with E-state index in [9.17, 15) is 8.78 Å². The molecule has 6 rings (SSSR count). The molecule has 2 aromatic carbocycles. The number of hydrogen-bond donors (Lipinski definition) is 1. The molecule has 4 nitrogen and oxygen atoms in total. The molecule has 4 saturated heterocycles. The van der Waals surface area contributed by atoms with Gasteiger partial charge in [-0.15, -0.1) is 0 Å². The summed E-state index contributed by atoms with van der Waals surface area (Å²) in [7, 11) is 0. The standard InChI is InChI=1S/C27H30F2N4/c28-15-17-5-7-32(8-6-17)25-4-1-18(9-22(25)19-2-3-20(16-30)23(29)10-19)12-27-13-21-11-24(31)26(14-27)33(21)27/h1-4,9-10,17,21,24,26H,5-8,11-15,31H2/t21-,24-,26-,27?/m0/s1. The summed E-state index contributed by atoms with van der Waals surface area (Å²) in [6.45, 7) is 1.35. The fraction of sp³-hybridized carbons (Fsp3) is 0.519. The van der Waals surface area contributed by atoms with Gasteiger partial charge in [0, 0.05) is 48.0 Å². The molecule has 4 heterocycles. The molecule has 4 aliphatic heterocycles. The first kappa shape index (κ1) is 21.1. The molecule has 0 saturated carbocycles. The summed E-state index contributed by atoms with van der Waals surface area (Å²) in [4.78, 5) is 4.95. The number of nitrogens with two attached hydrogens (primary N) is 1. The number of anilines is 1. The molecular weight excluding hydrogens is 418 g/mol. The van der Waals surface area contributed by atoms with Crippen molar-refractivity contribution in [1.29, 1.82) is 5.26 Å². The monoisotopic (exact) mass is 448 g/mol. The van der Waals surface area contributed by atoms with Gasteiger partial charge < -0.3 is 10.6 Å². The number of nitrogens with zero attached hydrogens (tertiary/aromatic N) is 3. The van der Waals surface area contributed by atoms with Crippen LogP contribution in [0.5, 0.6) is 0 Å². The van der Waals surface area contributed by atoms with Crippen LogP contribution >= 0.6 is 0 Å². The predicted octanol–water partition coefficient (Wildman–Crippen LogP) is 4.41. The van der Waals surface area contributed by atoms with E-state index in [1.165, 1.54) is 24.5 Å². The molecule has 0 amide bonds. The Morgan fingerprint density at radius 3 is 2.64 bits per heavy atom. The van der Waals surface area contributed by atoms with Crippen molar-refractivity contribution in [2.75, 3.05) is 24.7 Å². The second-order valence-electron chi connectivity index (χ2n) is 10.6. The fourth-order valence-electron chi connectivity index (χ4n) is 7.05. The van der Waals surface area contributed by atoms with Gasteiger partial charge >= 0.3 is 0 Å². The van der Waals surface area contributed by atoms with Gasteiger partial charge in [0.25, 0.3) is 0 Å². The van der Waals surface area contributed by atoms with Crippen LogP contribution in [0.2, 0.25) is 0 Å². The molecule has 0 radical (unpaired) electrons. The Morgan fingerprint density at radius 1 is 1.12 bits per heavy atom. The molecule has 1 unspecified atom stereocenters. The van der Waals surface area contributed by atoms with E-state index in [-0.39, 0.29) is 23.7 Å². The van der Waals surface area contributed by atoms with Gasteiger partial charge in [-0.2, -0.15) is 5.26 Å². The Morgan fingerprint density at radius 2 is 1.94 bits per heavy atom. The highest BCUT2D eigenvalue weighted by atomic mass is 19.1. The highest BCUT2D eigenvalue weighted by Gasteiger charge is 2.67. The van der Waals surface area contributed by atoms with Crippen molar-refractivity contribution in [3.05, 3.63) is 53.3 Å². The maximum absolute atomic E-state index is 14.5. The van der Waals surface area contributed by atoms with Crippen LogP contribution in [0.1, 0.15) is 43.2 Å². The highest BCUT2D eigenvalue weighted by Crippen LogP contribution is 2.59. The Hall–Kier alpha value is -2.49. The molecular formula is C27H30F2N4. The number of alkyl halides is 1. The average Bonchev–Trinajstić information content (AvgIpc) is 2.92. The van der Waals surface area contributed by atoms with Crippen LogP contribution in [-0.2, 0) is 6.42 Å². The average molecular weight is 449 g/mol. The third kappa shape index (κ3) is 3.28. The number of piperidine rings is 2.